The van der Waals surface area contributed by atoms with Gasteiger partial charge in [0.05, 0.1) is 0 Å². The minimum Gasteiger partial charge on any atom is -0.361 e. The predicted molar refractivity (Wildman–Crippen MR) is 56.3 cm³/mol. The van der Waals surface area contributed by atoms with Crippen molar-refractivity contribution in [1.29, 1.82) is 0 Å². The summed E-state index contributed by atoms with van der Waals surface area (Å²) >= 11 is 0. The minimum absolute atomic E-state index is 0.214. The Bertz CT molecular complexity index is 548. The third-order valence-corrected chi connectivity index (χ3v) is 2.62. The fraction of sp³-hybridized carbons (Fsp3) is 0.0833. The number of H-pyrrole nitrogens is 1. The first-order valence-electron chi connectivity index (χ1n) is 4.65. The van der Waals surface area contributed by atoms with Gasteiger partial charge in [-0.25, -0.2) is 0 Å². The van der Waals surface area contributed by atoms with E-state index in [1.807, 2.05) is 36.5 Å². The molecule has 2 nitrogen and oxygen atoms in total. The number of aromatic amines is 1. The van der Waals surface area contributed by atoms with Gasteiger partial charge in [0.15, 0.2) is 5.78 Å². The summed E-state index contributed by atoms with van der Waals surface area (Å²) < 4.78 is 0. The maximum atomic E-state index is 11.6. The van der Waals surface area contributed by atoms with Gasteiger partial charge in [0.1, 0.15) is 0 Å². The van der Waals surface area contributed by atoms with E-state index >= 15 is 0 Å². The molecule has 14 heavy (non-hydrogen) atoms. The second-order valence-electron chi connectivity index (χ2n) is 3.53. The largest absolute Gasteiger partial charge is 0.361 e. The summed E-state index contributed by atoms with van der Waals surface area (Å²) in [5.41, 5.74) is 2.96. The number of hydrogen-bond donors (Lipinski definition) is 1. The predicted octanol–water partition coefficient (Wildman–Crippen LogP) is 2.77. The molecule has 1 aliphatic rings. The molecule has 2 aromatic rings. The van der Waals surface area contributed by atoms with E-state index in [4.69, 9.17) is 0 Å². The number of rotatable bonds is 0. The summed E-state index contributed by atoms with van der Waals surface area (Å²) in [7, 11) is 0. The Hall–Kier alpha value is -1.83. The third kappa shape index (κ3) is 0.940. The van der Waals surface area contributed by atoms with Crippen molar-refractivity contribution in [3.05, 3.63) is 41.6 Å². The Morgan fingerprint density at radius 1 is 1.29 bits per heavy atom. The molecule has 1 heterocycles. The zero-order valence-electron chi connectivity index (χ0n) is 7.58. The number of carbonyl (C=O) groups excluding carboxylic acids is 1. The number of carbonyl (C=O) groups is 1. The van der Waals surface area contributed by atoms with Crippen LogP contribution in [0.1, 0.15) is 22.3 Å². The van der Waals surface area contributed by atoms with Gasteiger partial charge in [0, 0.05) is 29.1 Å². The van der Waals surface area contributed by atoms with Gasteiger partial charge in [-0.05, 0) is 23.8 Å². The summed E-state index contributed by atoms with van der Waals surface area (Å²) in [6, 6.07) is 5.98. The van der Waals surface area contributed by atoms with Crippen LogP contribution < -0.4 is 0 Å². The van der Waals surface area contributed by atoms with Crippen LogP contribution in [0.25, 0.3) is 17.0 Å². The van der Waals surface area contributed by atoms with E-state index in [1.54, 1.807) is 0 Å². The number of allylic oxidation sites excluding steroid dienone is 1. The van der Waals surface area contributed by atoms with Crippen molar-refractivity contribution in [3.8, 4) is 0 Å². The van der Waals surface area contributed by atoms with E-state index in [1.165, 1.54) is 0 Å². The van der Waals surface area contributed by atoms with Crippen LogP contribution in [0.3, 0.4) is 0 Å². The van der Waals surface area contributed by atoms with Gasteiger partial charge in [0.25, 0.3) is 0 Å². The van der Waals surface area contributed by atoms with Crippen molar-refractivity contribution >= 4 is 22.8 Å². The first-order valence-corrected chi connectivity index (χ1v) is 4.65. The number of benzene rings is 1. The van der Waals surface area contributed by atoms with E-state index in [0.717, 1.165) is 22.0 Å². The molecule has 0 spiro atoms. The molecule has 0 saturated heterocycles. The van der Waals surface area contributed by atoms with Crippen molar-refractivity contribution in [3.63, 3.8) is 0 Å². The van der Waals surface area contributed by atoms with Gasteiger partial charge >= 0.3 is 0 Å². The number of fused-ring (bicyclic) bond motifs is 2. The first-order chi connectivity index (χ1) is 6.84. The average molecular weight is 183 g/mol. The SMILES string of the molecule is O=C1CC=Cc2cc3[nH]ccc3cc21. The molecule has 1 aromatic carbocycles. The maximum Gasteiger partial charge on any atom is 0.167 e. The quantitative estimate of drug-likeness (QED) is 0.669. The zero-order valence-corrected chi connectivity index (χ0v) is 7.58. The van der Waals surface area contributed by atoms with Crippen molar-refractivity contribution in [2.75, 3.05) is 0 Å². The highest BCUT2D eigenvalue weighted by molar-refractivity contribution is 6.05. The lowest BCUT2D eigenvalue weighted by atomic mass is 9.95. The highest BCUT2D eigenvalue weighted by Crippen LogP contribution is 2.24. The Balaban J connectivity index is 2.39. The highest BCUT2D eigenvalue weighted by Gasteiger charge is 2.13. The Kier molecular flexibility index (Phi) is 1.39. The van der Waals surface area contributed by atoms with Crippen LogP contribution in [0.4, 0.5) is 0 Å². The second-order valence-corrected chi connectivity index (χ2v) is 3.53. The first kappa shape index (κ1) is 7.56. The molecule has 2 heteroatoms. The molecule has 0 fully saturated rings. The molecule has 0 bridgehead atoms. The maximum absolute atomic E-state index is 11.6. The van der Waals surface area contributed by atoms with Crippen LogP contribution in [0.2, 0.25) is 0 Å². The number of ketones is 1. The molecule has 0 radical (unpaired) electrons. The molecule has 0 amide bonds. The summed E-state index contributed by atoms with van der Waals surface area (Å²) in [5.74, 6) is 0.214. The van der Waals surface area contributed by atoms with E-state index in [2.05, 4.69) is 4.98 Å². The van der Waals surface area contributed by atoms with Gasteiger partial charge in [-0.15, -0.1) is 0 Å². The van der Waals surface area contributed by atoms with E-state index < -0.39 is 0 Å². The van der Waals surface area contributed by atoms with Crippen LogP contribution in [0.15, 0.2) is 30.5 Å². The normalized spacial score (nSPS) is 14.7. The lowest BCUT2D eigenvalue weighted by molar-refractivity contribution is 0.0994. The summed E-state index contributed by atoms with van der Waals surface area (Å²) in [5, 5.41) is 1.10. The lowest BCUT2D eigenvalue weighted by Gasteiger charge is -2.08. The van der Waals surface area contributed by atoms with Crippen LogP contribution in [-0.4, -0.2) is 10.8 Å². The van der Waals surface area contributed by atoms with E-state index in [-0.39, 0.29) is 5.78 Å². The molecular weight excluding hydrogens is 174 g/mol. The van der Waals surface area contributed by atoms with Gasteiger partial charge in [-0.2, -0.15) is 0 Å². The van der Waals surface area contributed by atoms with Gasteiger partial charge < -0.3 is 4.98 Å². The number of hydrogen-bond acceptors (Lipinski definition) is 1. The molecule has 0 atom stereocenters. The molecule has 1 N–H and O–H groups in total. The Labute approximate surface area is 81.2 Å². The standard InChI is InChI=1S/C12H9NO/c14-12-3-1-2-8-7-11-9(4-5-13-11)6-10(8)12/h1-2,4-7,13H,3H2. The van der Waals surface area contributed by atoms with Crippen molar-refractivity contribution < 1.29 is 4.79 Å². The van der Waals surface area contributed by atoms with Crippen molar-refractivity contribution in [1.82, 2.24) is 4.98 Å². The molecule has 0 aliphatic heterocycles. The van der Waals surface area contributed by atoms with E-state index in [0.29, 0.717) is 6.42 Å². The van der Waals surface area contributed by atoms with Gasteiger partial charge in [0.2, 0.25) is 0 Å². The zero-order chi connectivity index (χ0) is 9.54. The molecule has 0 unspecified atom stereocenters. The van der Waals surface area contributed by atoms with Gasteiger partial charge in [-0.3, -0.25) is 4.79 Å². The highest BCUT2D eigenvalue weighted by atomic mass is 16.1. The topological polar surface area (TPSA) is 32.9 Å². The van der Waals surface area contributed by atoms with Crippen molar-refractivity contribution in [2.24, 2.45) is 0 Å². The van der Waals surface area contributed by atoms with Crippen molar-refractivity contribution in [2.45, 2.75) is 6.42 Å². The smallest absolute Gasteiger partial charge is 0.167 e. The van der Waals surface area contributed by atoms with E-state index in [9.17, 15) is 4.79 Å². The van der Waals surface area contributed by atoms with Gasteiger partial charge in [-0.1, -0.05) is 12.2 Å². The van der Waals surface area contributed by atoms with Crippen LogP contribution >= 0.6 is 0 Å². The number of nitrogens with one attached hydrogen (secondary N) is 1. The molecule has 68 valence electrons. The summed E-state index contributed by atoms with van der Waals surface area (Å²) in [4.78, 5) is 14.7. The molecule has 3 rings (SSSR count). The molecule has 1 aromatic heterocycles. The van der Waals surface area contributed by atoms with Crippen LogP contribution in [0, 0.1) is 0 Å². The van der Waals surface area contributed by atoms with Crippen LogP contribution in [0.5, 0.6) is 0 Å². The molecule has 0 saturated carbocycles. The Morgan fingerprint density at radius 3 is 3.14 bits per heavy atom. The third-order valence-electron chi connectivity index (χ3n) is 2.62. The molecule has 1 aliphatic carbocycles. The average Bonchev–Trinajstić information content (AvgIpc) is 2.62. The fourth-order valence-electron chi connectivity index (χ4n) is 1.90. The summed E-state index contributed by atoms with van der Waals surface area (Å²) in [6.07, 6.45) is 6.35. The molecular formula is C12H9NO. The monoisotopic (exact) mass is 183 g/mol. The second kappa shape index (κ2) is 2.58. The lowest BCUT2D eigenvalue weighted by Crippen LogP contribution is -2.03. The van der Waals surface area contributed by atoms with Crippen LogP contribution in [-0.2, 0) is 0 Å². The Morgan fingerprint density at radius 2 is 2.21 bits per heavy atom. The summed E-state index contributed by atoms with van der Waals surface area (Å²) in [6.45, 7) is 0. The fourth-order valence-corrected chi connectivity index (χ4v) is 1.90. The number of aromatic nitrogens is 1. The minimum atomic E-state index is 0.214. The number of Topliss-reactive ketones (excluding diaryl/α,β-unsaturated/α-hetero) is 1.